The summed E-state index contributed by atoms with van der Waals surface area (Å²) < 4.78 is 16.1. The first kappa shape index (κ1) is 22.3. The van der Waals surface area contributed by atoms with Crippen LogP contribution in [0.4, 0.5) is 0 Å². The minimum atomic E-state index is -0.118. The first-order valence-electron chi connectivity index (χ1n) is 9.99. The van der Waals surface area contributed by atoms with Gasteiger partial charge in [0.1, 0.15) is 17.2 Å². The molecule has 0 bridgehead atoms. The third kappa shape index (κ3) is 6.56. The fraction of sp³-hybridized carbons (Fsp3) is 0.375. The number of rotatable bonds is 11. The Balaban J connectivity index is 2.17. The fourth-order valence-corrected chi connectivity index (χ4v) is 3.01. The minimum Gasteiger partial charge on any atom is -0.497 e. The van der Waals surface area contributed by atoms with Gasteiger partial charge in [-0.15, -0.1) is 0 Å². The van der Waals surface area contributed by atoms with Gasteiger partial charge in [-0.3, -0.25) is 4.79 Å². The van der Waals surface area contributed by atoms with E-state index in [9.17, 15) is 4.79 Å². The van der Waals surface area contributed by atoms with Gasteiger partial charge in [0.25, 0.3) is 5.91 Å². The van der Waals surface area contributed by atoms with Crippen LogP contribution >= 0.6 is 0 Å². The molecule has 0 aliphatic carbocycles. The second kappa shape index (κ2) is 11.8. The Morgan fingerprint density at radius 3 is 2.34 bits per heavy atom. The average Bonchev–Trinajstić information content (AvgIpc) is 2.76. The van der Waals surface area contributed by atoms with E-state index in [4.69, 9.17) is 14.2 Å². The van der Waals surface area contributed by atoms with Gasteiger partial charge in [-0.05, 0) is 42.3 Å². The number of amides is 1. The van der Waals surface area contributed by atoms with Crippen molar-refractivity contribution in [3.05, 3.63) is 53.1 Å². The van der Waals surface area contributed by atoms with Gasteiger partial charge in [0.2, 0.25) is 0 Å². The van der Waals surface area contributed by atoms with Crippen LogP contribution in [0.25, 0.3) is 12.2 Å². The van der Waals surface area contributed by atoms with Crippen molar-refractivity contribution in [2.75, 3.05) is 27.9 Å². The van der Waals surface area contributed by atoms with Crippen molar-refractivity contribution < 1.29 is 19.0 Å². The predicted molar refractivity (Wildman–Crippen MR) is 118 cm³/mol. The largest absolute Gasteiger partial charge is 0.497 e. The van der Waals surface area contributed by atoms with E-state index >= 15 is 0 Å². The molecule has 0 saturated carbocycles. The molecule has 0 radical (unpaired) electrons. The van der Waals surface area contributed by atoms with Gasteiger partial charge in [-0.25, -0.2) is 0 Å². The summed E-state index contributed by atoms with van der Waals surface area (Å²) in [7, 11) is 4.84. The van der Waals surface area contributed by atoms with Crippen LogP contribution in [0, 0.1) is 0 Å². The molecule has 0 heterocycles. The smallest absolute Gasteiger partial charge is 0.255 e. The van der Waals surface area contributed by atoms with Gasteiger partial charge in [0.15, 0.2) is 0 Å². The highest BCUT2D eigenvalue weighted by molar-refractivity contribution is 5.97. The molecule has 0 saturated heterocycles. The molecule has 0 unspecified atom stereocenters. The molecule has 1 N–H and O–H groups in total. The van der Waals surface area contributed by atoms with Crippen LogP contribution in [0.1, 0.15) is 54.1 Å². The van der Waals surface area contributed by atoms with E-state index in [2.05, 4.69) is 12.2 Å². The van der Waals surface area contributed by atoms with Crippen LogP contribution in [-0.4, -0.2) is 33.8 Å². The van der Waals surface area contributed by atoms with Gasteiger partial charge in [0.05, 0.1) is 26.9 Å². The highest BCUT2D eigenvalue weighted by atomic mass is 16.5. The maximum absolute atomic E-state index is 12.6. The quantitative estimate of drug-likeness (QED) is 0.419. The number of ether oxygens (including phenoxy) is 3. The molecule has 2 aromatic rings. The number of hydrogen-bond acceptors (Lipinski definition) is 4. The van der Waals surface area contributed by atoms with E-state index in [-0.39, 0.29) is 5.91 Å². The molecule has 0 fully saturated rings. The van der Waals surface area contributed by atoms with Gasteiger partial charge in [0, 0.05) is 12.1 Å². The molecular weight excluding hydrogens is 366 g/mol. The molecule has 29 heavy (non-hydrogen) atoms. The zero-order chi connectivity index (χ0) is 21.1. The van der Waals surface area contributed by atoms with Gasteiger partial charge < -0.3 is 19.5 Å². The molecule has 2 rings (SSSR count). The summed E-state index contributed by atoms with van der Waals surface area (Å²) >= 11 is 0. The summed E-state index contributed by atoms with van der Waals surface area (Å²) in [4.78, 5) is 12.6. The molecule has 2 aromatic carbocycles. The molecule has 0 spiro atoms. The number of carbonyl (C=O) groups excluding carboxylic acids is 1. The Hall–Kier alpha value is -2.95. The van der Waals surface area contributed by atoms with Crippen LogP contribution in [0.15, 0.2) is 36.4 Å². The summed E-state index contributed by atoms with van der Waals surface area (Å²) in [5.74, 6) is 1.95. The topological polar surface area (TPSA) is 56.8 Å². The lowest BCUT2D eigenvalue weighted by molar-refractivity contribution is 0.0950. The van der Waals surface area contributed by atoms with Crippen LogP contribution in [0.2, 0.25) is 0 Å². The Kier molecular flexibility index (Phi) is 9.09. The fourth-order valence-electron chi connectivity index (χ4n) is 3.01. The second-order valence-electron chi connectivity index (χ2n) is 6.72. The minimum absolute atomic E-state index is 0.118. The molecule has 5 heteroatoms. The van der Waals surface area contributed by atoms with Crippen molar-refractivity contribution in [3.63, 3.8) is 0 Å². The number of carbonyl (C=O) groups is 1. The third-order valence-corrected chi connectivity index (χ3v) is 4.68. The maximum atomic E-state index is 12.6. The zero-order valence-electron chi connectivity index (χ0n) is 17.8. The van der Waals surface area contributed by atoms with Crippen LogP contribution in [0.3, 0.4) is 0 Å². The Bertz CT molecular complexity index is 830. The summed E-state index contributed by atoms with van der Waals surface area (Å²) in [5.41, 5.74) is 2.32. The van der Waals surface area contributed by atoms with Crippen molar-refractivity contribution in [1.82, 2.24) is 5.32 Å². The van der Waals surface area contributed by atoms with Crippen molar-refractivity contribution in [3.8, 4) is 17.2 Å². The number of nitrogens with one attached hydrogen (secondary N) is 1. The number of hydrogen-bond donors (Lipinski definition) is 1. The number of benzene rings is 2. The molecule has 0 aliphatic rings. The maximum Gasteiger partial charge on any atom is 0.255 e. The summed E-state index contributed by atoms with van der Waals surface area (Å²) in [6, 6.07) is 11.2. The normalized spacial score (nSPS) is 10.8. The Morgan fingerprint density at radius 1 is 0.897 bits per heavy atom. The average molecular weight is 398 g/mol. The standard InChI is InChI=1S/C24H31NO4/c1-5-6-7-8-15-25-24(26)21-16-18(10-13-23(21)29-4)9-11-19-17-20(27-2)12-14-22(19)28-3/h9-14,16-17H,5-8,15H2,1-4H3,(H,25,26)/b11-9-. The molecule has 0 aliphatic heterocycles. The summed E-state index contributed by atoms with van der Waals surface area (Å²) in [5, 5.41) is 2.99. The van der Waals surface area contributed by atoms with Crippen molar-refractivity contribution in [2.24, 2.45) is 0 Å². The monoisotopic (exact) mass is 397 g/mol. The van der Waals surface area contributed by atoms with Gasteiger partial charge in [-0.1, -0.05) is 44.4 Å². The number of methoxy groups -OCH3 is 3. The van der Waals surface area contributed by atoms with E-state index in [0.29, 0.717) is 17.9 Å². The lowest BCUT2D eigenvalue weighted by Gasteiger charge is -2.11. The molecule has 5 nitrogen and oxygen atoms in total. The lowest BCUT2D eigenvalue weighted by Crippen LogP contribution is -2.25. The lowest BCUT2D eigenvalue weighted by atomic mass is 10.1. The SMILES string of the molecule is CCCCCCNC(=O)c1cc(/C=C\c2cc(OC)ccc2OC)ccc1OC. The van der Waals surface area contributed by atoms with Crippen LogP contribution in [0.5, 0.6) is 17.2 Å². The van der Waals surface area contributed by atoms with Gasteiger partial charge in [-0.2, -0.15) is 0 Å². The molecule has 1 amide bonds. The van der Waals surface area contributed by atoms with E-state index in [1.807, 2.05) is 48.6 Å². The molecule has 0 aromatic heterocycles. The van der Waals surface area contributed by atoms with Crippen molar-refractivity contribution in [1.29, 1.82) is 0 Å². The molecule has 156 valence electrons. The van der Waals surface area contributed by atoms with Crippen LogP contribution < -0.4 is 19.5 Å². The Labute approximate surface area is 173 Å². The van der Waals surface area contributed by atoms with Crippen LogP contribution in [-0.2, 0) is 0 Å². The van der Waals surface area contributed by atoms with E-state index in [0.717, 1.165) is 35.5 Å². The van der Waals surface area contributed by atoms with E-state index in [1.165, 1.54) is 12.8 Å². The molecular formula is C24H31NO4. The summed E-state index contributed by atoms with van der Waals surface area (Å²) in [6.45, 7) is 2.84. The van der Waals surface area contributed by atoms with E-state index < -0.39 is 0 Å². The van der Waals surface area contributed by atoms with Crippen molar-refractivity contribution >= 4 is 18.1 Å². The summed E-state index contributed by atoms with van der Waals surface area (Å²) in [6.07, 6.45) is 8.35. The number of unbranched alkanes of at least 4 members (excludes halogenated alkanes) is 3. The highest BCUT2D eigenvalue weighted by Crippen LogP contribution is 2.27. The Morgan fingerprint density at radius 2 is 1.66 bits per heavy atom. The highest BCUT2D eigenvalue weighted by Gasteiger charge is 2.12. The van der Waals surface area contributed by atoms with Crippen molar-refractivity contribution in [2.45, 2.75) is 32.6 Å². The third-order valence-electron chi connectivity index (χ3n) is 4.68. The van der Waals surface area contributed by atoms with E-state index in [1.54, 1.807) is 21.3 Å². The molecule has 0 atom stereocenters. The predicted octanol–water partition coefficient (Wildman–Crippen LogP) is 5.19. The second-order valence-corrected chi connectivity index (χ2v) is 6.72. The first-order chi connectivity index (χ1) is 14.1. The zero-order valence-corrected chi connectivity index (χ0v) is 17.8. The first-order valence-corrected chi connectivity index (χ1v) is 9.99. The van der Waals surface area contributed by atoms with Gasteiger partial charge >= 0.3 is 0 Å².